The summed E-state index contributed by atoms with van der Waals surface area (Å²) in [6.07, 6.45) is 1.82. The fraction of sp³-hybridized carbons (Fsp3) is 0.511. The van der Waals surface area contributed by atoms with Crippen LogP contribution in [0.1, 0.15) is 65.7 Å². The van der Waals surface area contributed by atoms with Crippen LogP contribution in [0.4, 0.5) is 4.79 Å². The molecule has 1 aromatic heterocycles. The average Bonchev–Trinajstić information content (AvgIpc) is 4.18. The molecule has 2 unspecified atom stereocenters. The molecule has 7 rings (SSSR count). The molecular formula is C45H56N6O10S. The largest absolute Gasteiger partial charge is 0.497 e. The van der Waals surface area contributed by atoms with E-state index in [1.165, 1.54) is 11.0 Å². The van der Waals surface area contributed by atoms with E-state index in [1.807, 2.05) is 63.2 Å². The molecule has 3 aromatic rings. The maximum absolute atomic E-state index is 15.0. The zero-order chi connectivity index (χ0) is 44.6. The minimum Gasteiger partial charge on any atom is -0.497 e. The number of carbonyl (C=O) groups is 5. The second-order valence-corrected chi connectivity index (χ2v) is 20.0. The van der Waals surface area contributed by atoms with Crippen molar-refractivity contribution in [2.45, 2.75) is 88.7 Å². The molecule has 0 radical (unpaired) electrons. The van der Waals surface area contributed by atoms with E-state index in [-0.39, 0.29) is 37.6 Å². The first-order chi connectivity index (χ1) is 29.4. The van der Waals surface area contributed by atoms with Gasteiger partial charge in [0.05, 0.1) is 36.0 Å². The van der Waals surface area contributed by atoms with Gasteiger partial charge in [-0.15, -0.1) is 6.58 Å². The Morgan fingerprint density at radius 1 is 1.03 bits per heavy atom. The smallest absolute Gasteiger partial charge is 0.404 e. The number of likely N-dealkylation sites (tertiary alicyclic amines) is 2. The maximum Gasteiger partial charge on any atom is 0.404 e. The molecular weight excluding hydrogens is 817 g/mol. The third kappa shape index (κ3) is 9.67. The Hall–Kier alpha value is -5.71. The van der Waals surface area contributed by atoms with Gasteiger partial charge in [0.25, 0.3) is 5.91 Å². The summed E-state index contributed by atoms with van der Waals surface area (Å²) in [7, 11) is -2.37. The number of rotatable bonds is 15. The van der Waals surface area contributed by atoms with Crippen molar-refractivity contribution in [1.29, 1.82) is 0 Å². The Morgan fingerprint density at radius 3 is 2.35 bits per heavy atom. The van der Waals surface area contributed by atoms with E-state index in [0.29, 0.717) is 73.4 Å². The fourth-order valence-electron chi connectivity index (χ4n) is 8.62. The number of benzene rings is 2. The lowest BCUT2D eigenvalue weighted by atomic mass is 9.77. The highest BCUT2D eigenvalue weighted by molar-refractivity contribution is 7.91. The monoisotopic (exact) mass is 872 g/mol. The molecule has 2 aromatic carbocycles. The molecule has 2 saturated carbocycles. The van der Waals surface area contributed by atoms with Gasteiger partial charge in [0.15, 0.2) is 0 Å². The average molecular weight is 873 g/mol. The van der Waals surface area contributed by atoms with Gasteiger partial charge in [0, 0.05) is 61.5 Å². The highest BCUT2D eigenvalue weighted by Gasteiger charge is 2.62. The first kappa shape index (κ1) is 44.3. The van der Waals surface area contributed by atoms with Crippen LogP contribution in [-0.2, 0) is 29.2 Å². The third-order valence-corrected chi connectivity index (χ3v) is 14.5. The van der Waals surface area contributed by atoms with E-state index in [9.17, 15) is 27.6 Å². The van der Waals surface area contributed by atoms with Crippen LogP contribution in [0.2, 0.25) is 0 Å². The number of methoxy groups -OCH3 is 1. The highest BCUT2D eigenvalue weighted by Crippen LogP contribution is 2.46. The van der Waals surface area contributed by atoms with E-state index in [2.05, 4.69) is 21.9 Å². The SMILES string of the molecule is C=CC1CC1(NC(=O)[C@@H]1C[C@@H](Oc2cc(-c3ccccc3)nc3cc(OC)ccc23)CN1C(=O)[C@@H](CC(=O)N1CCC(CNC(=O)O)CC1)C(C)(C)C)C(=O)NS(=O)(=O)C1CC1. The number of nitrogens with one attached hydrogen (secondary N) is 3. The molecule has 2 aliphatic carbocycles. The van der Waals surface area contributed by atoms with Gasteiger partial charge in [0.2, 0.25) is 27.7 Å². The highest BCUT2D eigenvalue weighted by atomic mass is 32.2. The van der Waals surface area contributed by atoms with E-state index >= 15 is 4.79 Å². The molecule has 4 fully saturated rings. The maximum atomic E-state index is 15.0. The minimum absolute atomic E-state index is 0.0255. The van der Waals surface area contributed by atoms with Gasteiger partial charge in [0.1, 0.15) is 29.2 Å². The van der Waals surface area contributed by atoms with Crippen molar-refractivity contribution >= 4 is 50.6 Å². The fourth-order valence-corrected chi connectivity index (χ4v) is 9.98. The van der Waals surface area contributed by atoms with Crippen molar-refractivity contribution in [3.05, 3.63) is 67.3 Å². The molecule has 16 nitrogen and oxygen atoms in total. The molecule has 17 heteroatoms. The summed E-state index contributed by atoms with van der Waals surface area (Å²) in [4.78, 5) is 76.3. The van der Waals surface area contributed by atoms with Crippen LogP contribution >= 0.6 is 0 Å². The van der Waals surface area contributed by atoms with E-state index in [1.54, 1.807) is 24.1 Å². The van der Waals surface area contributed by atoms with E-state index in [0.717, 1.165) is 5.56 Å². The van der Waals surface area contributed by atoms with Gasteiger partial charge in [-0.2, -0.15) is 0 Å². The molecule has 0 bridgehead atoms. The zero-order valence-electron chi connectivity index (χ0n) is 35.6. The summed E-state index contributed by atoms with van der Waals surface area (Å²) >= 11 is 0. The number of nitrogens with zero attached hydrogens (tertiary/aromatic N) is 3. The summed E-state index contributed by atoms with van der Waals surface area (Å²) in [5.74, 6) is -2.41. The Labute approximate surface area is 361 Å². The van der Waals surface area contributed by atoms with Crippen molar-refractivity contribution in [2.75, 3.05) is 33.3 Å². The van der Waals surface area contributed by atoms with Crippen molar-refractivity contribution in [1.82, 2.24) is 30.1 Å². The lowest BCUT2D eigenvalue weighted by molar-refractivity contribution is -0.149. The van der Waals surface area contributed by atoms with Crippen LogP contribution in [0.15, 0.2) is 67.3 Å². The number of aromatic nitrogens is 1. The Balaban J connectivity index is 1.18. The van der Waals surface area contributed by atoms with Crippen molar-refractivity contribution in [3.63, 3.8) is 0 Å². The predicted molar refractivity (Wildman–Crippen MR) is 230 cm³/mol. The summed E-state index contributed by atoms with van der Waals surface area (Å²) in [5.41, 5.74) is -0.231. The van der Waals surface area contributed by atoms with Gasteiger partial charge in [-0.05, 0) is 55.6 Å². The summed E-state index contributed by atoms with van der Waals surface area (Å²) in [6, 6.07) is 15.7. The number of pyridine rings is 1. The van der Waals surface area contributed by atoms with Gasteiger partial charge in [-0.25, -0.2) is 18.2 Å². The predicted octanol–water partition coefficient (Wildman–Crippen LogP) is 4.49. The first-order valence-electron chi connectivity index (χ1n) is 21.2. The Kier molecular flexibility index (Phi) is 12.6. The molecule has 5 amide bonds. The number of fused-ring (bicyclic) bond motifs is 1. The van der Waals surface area contributed by atoms with Crippen LogP contribution in [0.3, 0.4) is 0 Å². The number of piperidine rings is 1. The van der Waals surface area contributed by atoms with Gasteiger partial charge >= 0.3 is 6.09 Å². The molecule has 4 N–H and O–H groups in total. The topological polar surface area (TPSA) is 214 Å². The molecule has 62 heavy (non-hydrogen) atoms. The first-order valence-corrected chi connectivity index (χ1v) is 22.7. The van der Waals surface area contributed by atoms with Gasteiger partial charge in [-0.3, -0.25) is 23.9 Å². The summed E-state index contributed by atoms with van der Waals surface area (Å²) in [5, 5.41) is 14.3. The normalized spacial score (nSPS) is 23.3. The molecule has 3 heterocycles. The van der Waals surface area contributed by atoms with E-state index < -0.39 is 74.0 Å². The van der Waals surface area contributed by atoms with E-state index in [4.69, 9.17) is 19.6 Å². The number of amides is 5. The second kappa shape index (κ2) is 17.6. The third-order valence-electron chi connectivity index (χ3n) is 12.7. The molecule has 2 saturated heterocycles. The van der Waals surface area contributed by atoms with Crippen molar-refractivity contribution < 1.29 is 47.0 Å². The number of carboxylic acid groups (broad SMARTS) is 1. The molecule has 0 spiro atoms. The molecule has 5 atom stereocenters. The van der Waals surface area contributed by atoms with Crippen LogP contribution in [-0.4, -0.2) is 114 Å². The Bertz CT molecular complexity index is 2340. The molecule has 4 aliphatic rings. The second-order valence-electron chi connectivity index (χ2n) is 18.1. The van der Waals surface area contributed by atoms with Crippen LogP contribution < -0.4 is 24.8 Å². The lowest BCUT2D eigenvalue weighted by Crippen LogP contribution is -2.57. The van der Waals surface area contributed by atoms with Gasteiger partial charge in [-0.1, -0.05) is 57.2 Å². The quantitative estimate of drug-likeness (QED) is 0.156. The zero-order valence-corrected chi connectivity index (χ0v) is 36.4. The number of sulfonamides is 1. The van der Waals surface area contributed by atoms with Crippen molar-refractivity contribution in [3.8, 4) is 22.8 Å². The molecule has 2 aliphatic heterocycles. The number of carbonyl (C=O) groups excluding carboxylic acids is 4. The van der Waals surface area contributed by atoms with Crippen LogP contribution in [0.5, 0.6) is 11.5 Å². The van der Waals surface area contributed by atoms with Crippen LogP contribution in [0.25, 0.3) is 22.2 Å². The number of hydrogen-bond acceptors (Lipinski definition) is 10. The summed E-state index contributed by atoms with van der Waals surface area (Å²) < 4.78 is 40.1. The standard InChI is InChI=1S/C45H56N6O10S/c1-6-29-24-45(29,42(55)49-62(58,59)32-13-14-32)48-40(53)37-21-31(61-38-23-35(28-10-8-7-9-11-28)47-36-20-30(60-5)12-15-33(36)38)26-51(37)41(54)34(44(2,3)4)22-39(52)50-18-16-27(17-19-50)25-46-43(56)57/h6-12,15,20,23,27,29,31-32,34,37,46H,1,13-14,16-19,21-22,24-26H2,2-5H3,(H,48,53)(H,49,55)(H,56,57)/t29?,31-,34-,37+,45?/m1/s1. The minimum atomic E-state index is -3.93. The number of ether oxygens (including phenoxy) is 2. The van der Waals surface area contributed by atoms with Crippen LogP contribution in [0, 0.1) is 23.2 Å². The lowest BCUT2D eigenvalue weighted by Gasteiger charge is -2.37. The van der Waals surface area contributed by atoms with Gasteiger partial charge < -0.3 is 35.0 Å². The summed E-state index contributed by atoms with van der Waals surface area (Å²) in [6.45, 7) is 10.5. The molecule has 332 valence electrons. The number of hydrogen-bond donors (Lipinski definition) is 4. The Morgan fingerprint density at radius 2 is 1.74 bits per heavy atom. The van der Waals surface area contributed by atoms with Crippen molar-refractivity contribution in [2.24, 2.45) is 23.2 Å².